The molecule has 1 amide bonds. The van der Waals surface area contributed by atoms with Gasteiger partial charge in [0.25, 0.3) is 5.91 Å². The minimum atomic E-state index is -0.0104. The first-order chi connectivity index (χ1) is 11.1. The molecule has 1 fully saturated rings. The Kier molecular flexibility index (Phi) is 4.28. The largest absolute Gasteiger partial charge is 0.332 e. The normalized spacial score (nSPS) is 17.3. The van der Waals surface area contributed by atoms with Gasteiger partial charge in [-0.2, -0.15) is 0 Å². The summed E-state index contributed by atoms with van der Waals surface area (Å²) in [4.78, 5) is 26.6. The van der Waals surface area contributed by atoms with Gasteiger partial charge in [0.15, 0.2) is 5.78 Å². The number of hydrogen-bond acceptors (Lipinski definition) is 2. The van der Waals surface area contributed by atoms with E-state index in [1.54, 1.807) is 6.07 Å². The maximum absolute atomic E-state index is 13.0. The average molecular weight is 307 g/mol. The van der Waals surface area contributed by atoms with Crippen molar-refractivity contribution in [2.45, 2.75) is 32.7 Å². The van der Waals surface area contributed by atoms with Gasteiger partial charge in [-0.1, -0.05) is 30.3 Å². The second-order valence-corrected chi connectivity index (χ2v) is 6.21. The summed E-state index contributed by atoms with van der Waals surface area (Å²) in [6.45, 7) is 4.22. The van der Waals surface area contributed by atoms with Gasteiger partial charge in [-0.25, -0.2) is 0 Å². The fourth-order valence-electron chi connectivity index (χ4n) is 3.31. The summed E-state index contributed by atoms with van der Waals surface area (Å²) in [5, 5.41) is 0. The van der Waals surface area contributed by atoms with Crippen molar-refractivity contribution in [2.24, 2.45) is 0 Å². The molecule has 0 N–H and O–H groups in total. The molecular weight excluding hydrogens is 286 g/mol. The second kappa shape index (κ2) is 6.37. The monoisotopic (exact) mass is 307 g/mol. The molecule has 1 atom stereocenters. The summed E-state index contributed by atoms with van der Waals surface area (Å²) >= 11 is 0. The highest BCUT2D eigenvalue weighted by Crippen LogP contribution is 2.33. The molecule has 3 heteroatoms. The minimum Gasteiger partial charge on any atom is -0.332 e. The third-order valence-electron chi connectivity index (χ3n) is 4.43. The van der Waals surface area contributed by atoms with Crippen molar-refractivity contribution in [1.82, 2.24) is 4.90 Å². The molecule has 1 unspecified atom stereocenters. The molecule has 118 valence electrons. The summed E-state index contributed by atoms with van der Waals surface area (Å²) in [5.74, 6) is 0.00587. The summed E-state index contributed by atoms with van der Waals surface area (Å²) in [5.41, 5.74) is 3.33. The van der Waals surface area contributed by atoms with E-state index in [1.807, 2.05) is 42.2 Å². The van der Waals surface area contributed by atoms with Crippen LogP contribution in [-0.4, -0.2) is 23.1 Å². The number of rotatable bonds is 3. The van der Waals surface area contributed by atoms with Crippen molar-refractivity contribution in [2.75, 3.05) is 6.54 Å². The van der Waals surface area contributed by atoms with Gasteiger partial charge in [0.2, 0.25) is 0 Å². The molecule has 0 bridgehead atoms. The van der Waals surface area contributed by atoms with E-state index in [-0.39, 0.29) is 17.7 Å². The number of likely N-dealkylation sites (tertiary alicyclic amines) is 1. The SMILES string of the molecule is CC(=O)c1cc(C)cc(C(=O)N2CCCC2c2ccccc2)c1. The lowest BCUT2D eigenvalue weighted by molar-refractivity contribution is 0.0735. The summed E-state index contributed by atoms with van der Waals surface area (Å²) in [6, 6.07) is 15.7. The number of carbonyl (C=O) groups is 2. The molecule has 0 spiro atoms. The van der Waals surface area contributed by atoms with Gasteiger partial charge in [-0.3, -0.25) is 9.59 Å². The molecule has 23 heavy (non-hydrogen) atoms. The molecule has 2 aromatic carbocycles. The average Bonchev–Trinajstić information content (AvgIpc) is 3.04. The molecule has 1 saturated heterocycles. The Balaban J connectivity index is 1.92. The quantitative estimate of drug-likeness (QED) is 0.798. The van der Waals surface area contributed by atoms with Crippen molar-refractivity contribution >= 4 is 11.7 Å². The number of carbonyl (C=O) groups excluding carboxylic acids is 2. The maximum Gasteiger partial charge on any atom is 0.254 e. The Labute approximate surface area is 136 Å². The van der Waals surface area contributed by atoms with Gasteiger partial charge < -0.3 is 4.90 Å². The number of hydrogen-bond donors (Lipinski definition) is 0. The highest BCUT2D eigenvalue weighted by Gasteiger charge is 2.30. The van der Waals surface area contributed by atoms with Crippen LogP contribution in [-0.2, 0) is 0 Å². The highest BCUT2D eigenvalue weighted by molar-refractivity contribution is 6.00. The molecule has 3 nitrogen and oxygen atoms in total. The fourth-order valence-corrected chi connectivity index (χ4v) is 3.31. The molecular formula is C20H21NO2. The Hall–Kier alpha value is -2.42. The molecule has 0 saturated carbocycles. The molecule has 1 aliphatic heterocycles. The Morgan fingerprint density at radius 3 is 2.43 bits per heavy atom. The molecule has 0 aromatic heterocycles. The second-order valence-electron chi connectivity index (χ2n) is 6.21. The lowest BCUT2D eigenvalue weighted by Crippen LogP contribution is -2.30. The van der Waals surface area contributed by atoms with E-state index in [9.17, 15) is 9.59 Å². The zero-order valence-electron chi connectivity index (χ0n) is 13.6. The molecule has 0 radical (unpaired) electrons. The first-order valence-corrected chi connectivity index (χ1v) is 8.05. The van der Waals surface area contributed by atoms with Crippen LogP contribution in [0.5, 0.6) is 0 Å². The van der Waals surface area contributed by atoms with Crippen LogP contribution in [0.25, 0.3) is 0 Å². The number of ketones is 1. The molecule has 1 aliphatic rings. The van der Waals surface area contributed by atoms with Gasteiger partial charge in [-0.15, -0.1) is 0 Å². The van der Waals surface area contributed by atoms with Gasteiger partial charge in [0, 0.05) is 17.7 Å². The Bertz CT molecular complexity index is 737. The van der Waals surface area contributed by atoms with Crippen molar-refractivity contribution in [3.05, 3.63) is 70.8 Å². The van der Waals surface area contributed by atoms with Crippen LogP contribution >= 0.6 is 0 Å². The first-order valence-electron chi connectivity index (χ1n) is 8.05. The van der Waals surface area contributed by atoms with Crippen molar-refractivity contribution in [1.29, 1.82) is 0 Å². The van der Waals surface area contributed by atoms with E-state index in [2.05, 4.69) is 12.1 Å². The molecule has 3 rings (SSSR count). The predicted octanol–water partition coefficient (Wildman–Crippen LogP) is 4.17. The minimum absolute atomic E-state index is 0.0104. The van der Waals surface area contributed by atoms with Crippen molar-refractivity contribution in [3.63, 3.8) is 0 Å². The smallest absolute Gasteiger partial charge is 0.254 e. The third-order valence-corrected chi connectivity index (χ3v) is 4.43. The van der Waals surface area contributed by atoms with E-state index in [1.165, 1.54) is 12.5 Å². The maximum atomic E-state index is 13.0. The highest BCUT2D eigenvalue weighted by atomic mass is 16.2. The summed E-state index contributed by atoms with van der Waals surface area (Å²) in [6.07, 6.45) is 2.00. The van der Waals surface area contributed by atoms with E-state index in [0.29, 0.717) is 11.1 Å². The fraction of sp³-hybridized carbons (Fsp3) is 0.300. The van der Waals surface area contributed by atoms with Gasteiger partial charge in [0.1, 0.15) is 0 Å². The lowest BCUT2D eigenvalue weighted by atomic mass is 10.0. The van der Waals surface area contributed by atoms with Crippen molar-refractivity contribution in [3.8, 4) is 0 Å². The van der Waals surface area contributed by atoms with Crippen LogP contribution in [0.2, 0.25) is 0 Å². The van der Waals surface area contributed by atoms with Crippen LogP contribution in [0.15, 0.2) is 48.5 Å². The van der Waals surface area contributed by atoms with Crippen LogP contribution in [0, 0.1) is 6.92 Å². The van der Waals surface area contributed by atoms with Gasteiger partial charge >= 0.3 is 0 Å². The van der Waals surface area contributed by atoms with Crippen LogP contribution in [0.3, 0.4) is 0 Å². The third kappa shape index (κ3) is 3.19. The number of amides is 1. The first kappa shape index (κ1) is 15.5. The molecule has 0 aliphatic carbocycles. The number of nitrogens with zero attached hydrogens (tertiary/aromatic N) is 1. The van der Waals surface area contributed by atoms with E-state index in [0.717, 1.165) is 24.9 Å². The van der Waals surface area contributed by atoms with Crippen LogP contribution in [0.1, 0.15) is 57.7 Å². The molecule has 1 heterocycles. The zero-order valence-corrected chi connectivity index (χ0v) is 13.6. The Morgan fingerprint density at radius 1 is 1.04 bits per heavy atom. The van der Waals surface area contributed by atoms with Crippen LogP contribution in [0.4, 0.5) is 0 Å². The zero-order chi connectivity index (χ0) is 16.4. The standard InChI is InChI=1S/C20H21NO2/c1-14-11-17(15(2)22)13-18(12-14)20(23)21-10-6-9-19(21)16-7-4-3-5-8-16/h3-5,7-8,11-13,19H,6,9-10H2,1-2H3. The Morgan fingerprint density at radius 2 is 1.74 bits per heavy atom. The van der Waals surface area contributed by atoms with Gasteiger partial charge in [0.05, 0.1) is 6.04 Å². The van der Waals surface area contributed by atoms with Crippen LogP contribution < -0.4 is 0 Å². The van der Waals surface area contributed by atoms with Gasteiger partial charge in [-0.05, 0) is 56.0 Å². The van der Waals surface area contributed by atoms with E-state index < -0.39 is 0 Å². The van der Waals surface area contributed by atoms with Crippen molar-refractivity contribution < 1.29 is 9.59 Å². The van der Waals surface area contributed by atoms with E-state index >= 15 is 0 Å². The molecule has 2 aromatic rings. The summed E-state index contributed by atoms with van der Waals surface area (Å²) in [7, 11) is 0. The lowest BCUT2D eigenvalue weighted by Gasteiger charge is -2.25. The topological polar surface area (TPSA) is 37.4 Å². The number of aryl methyl sites for hydroxylation is 1. The predicted molar refractivity (Wildman–Crippen MR) is 90.6 cm³/mol. The van der Waals surface area contributed by atoms with E-state index in [4.69, 9.17) is 0 Å². The number of benzene rings is 2. The number of Topliss-reactive ketones (excluding diaryl/α,β-unsaturated/α-hetero) is 1. The summed E-state index contributed by atoms with van der Waals surface area (Å²) < 4.78 is 0.